The van der Waals surface area contributed by atoms with Crippen molar-refractivity contribution in [2.75, 3.05) is 11.9 Å². The number of hydrogen-bond donors (Lipinski definition) is 4. The van der Waals surface area contributed by atoms with Crippen molar-refractivity contribution in [2.24, 2.45) is 0 Å². The fourth-order valence-corrected chi connectivity index (χ4v) is 4.78. The van der Waals surface area contributed by atoms with Crippen molar-refractivity contribution in [1.82, 2.24) is 5.32 Å². The number of carbonyl (C=O) groups excluding carboxylic acids is 1. The molecule has 1 atom stereocenters. The Morgan fingerprint density at radius 1 is 1.25 bits per heavy atom. The monoisotopic (exact) mass is 436 g/mol. The summed E-state index contributed by atoms with van der Waals surface area (Å²) in [5, 5.41) is 5.56. The van der Waals surface area contributed by atoms with Crippen molar-refractivity contribution in [1.29, 1.82) is 0 Å². The van der Waals surface area contributed by atoms with Crippen molar-refractivity contribution in [3.63, 3.8) is 0 Å². The van der Waals surface area contributed by atoms with Crippen LogP contribution in [-0.4, -0.2) is 21.9 Å². The summed E-state index contributed by atoms with van der Waals surface area (Å²) in [6, 6.07) is 12.3. The number of benzene rings is 2. The average molecular weight is 437 g/mol. The van der Waals surface area contributed by atoms with Gasteiger partial charge in [-0.05, 0) is 58.3 Å². The molecule has 1 unspecified atom stereocenters. The number of nitrogens with two attached hydrogens (primary N) is 1. The Morgan fingerprint density at radius 3 is 2.64 bits per heavy atom. The molecule has 0 bridgehead atoms. The molecule has 0 aliphatic rings. The fraction of sp³-hybridized carbons (Fsp3) is 0.105. The Kier molecular flexibility index (Phi) is 6.23. The first-order chi connectivity index (χ1) is 13.2. The predicted molar refractivity (Wildman–Crippen MR) is 115 cm³/mol. The van der Waals surface area contributed by atoms with Crippen molar-refractivity contribution in [2.45, 2.75) is 5.92 Å². The number of rotatable bonds is 6. The standard InChI is InChI=1S/C19H18ClN2O4PS/c20-13-3-6-18-15(9-13)17(11-28-18)16(10-27(24,25)26)19(23)22-8-7-12-1-4-14(21)5-2-12/h1-9,11,16H,10,21H2,(H,22,23)(H2,24,25,26). The smallest absolute Gasteiger partial charge is 0.326 e. The van der Waals surface area contributed by atoms with Crippen LogP contribution in [0.25, 0.3) is 16.2 Å². The Bertz CT molecular complexity index is 1080. The summed E-state index contributed by atoms with van der Waals surface area (Å²) in [5.41, 5.74) is 7.64. The number of halogens is 1. The van der Waals surface area contributed by atoms with E-state index in [1.54, 1.807) is 47.9 Å². The highest BCUT2D eigenvalue weighted by atomic mass is 35.5. The van der Waals surface area contributed by atoms with Crippen LogP contribution in [0, 0.1) is 0 Å². The predicted octanol–water partition coefficient (Wildman–Crippen LogP) is 4.19. The minimum absolute atomic E-state index is 0.491. The van der Waals surface area contributed by atoms with Gasteiger partial charge in [-0.3, -0.25) is 9.36 Å². The summed E-state index contributed by atoms with van der Waals surface area (Å²) in [6.45, 7) is 0. The highest BCUT2D eigenvalue weighted by molar-refractivity contribution is 7.51. The van der Waals surface area contributed by atoms with Crippen LogP contribution in [0.1, 0.15) is 17.0 Å². The van der Waals surface area contributed by atoms with E-state index in [2.05, 4.69) is 5.32 Å². The quantitative estimate of drug-likeness (QED) is 0.342. The third-order valence-corrected chi connectivity index (χ3v) is 6.17. The van der Waals surface area contributed by atoms with Crippen molar-refractivity contribution in [3.05, 3.63) is 70.2 Å². The largest absolute Gasteiger partial charge is 0.399 e. The molecule has 28 heavy (non-hydrogen) atoms. The third kappa shape index (κ3) is 5.22. The molecule has 146 valence electrons. The first-order valence-corrected chi connectivity index (χ1v) is 11.3. The Hall–Kier alpha value is -2.15. The van der Waals surface area contributed by atoms with E-state index >= 15 is 0 Å². The van der Waals surface area contributed by atoms with E-state index in [0.717, 1.165) is 10.3 Å². The lowest BCUT2D eigenvalue weighted by molar-refractivity contribution is -0.121. The van der Waals surface area contributed by atoms with Crippen LogP contribution in [0.5, 0.6) is 0 Å². The second kappa shape index (κ2) is 8.47. The Labute approximate surface area is 170 Å². The van der Waals surface area contributed by atoms with Crippen LogP contribution in [0.2, 0.25) is 5.02 Å². The molecule has 5 N–H and O–H groups in total. The normalized spacial score (nSPS) is 13.1. The van der Waals surface area contributed by atoms with Gasteiger partial charge in [0.25, 0.3) is 0 Å². The van der Waals surface area contributed by atoms with Gasteiger partial charge in [-0.1, -0.05) is 23.7 Å². The van der Waals surface area contributed by atoms with E-state index in [9.17, 15) is 19.1 Å². The molecule has 3 aromatic rings. The van der Waals surface area contributed by atoms with Crippen LogP contribution in [0.15, 0.2) is 54.0 Å². The average Bonchev–Trinajstić information content (AvgIpc) is 3.03. The number of thiophene rings is 1. The van der Waals surface area contributed by atoms with Gasteiger partial charge in [-0.2, -0.15) is 0 Å². The maximum absolute atomic E-state index is 12.7. The summed E-state index contributed by atoms with van der Waals surface area (Å²) in [7, 11) is -4.43. The minimum Gasteiger partial charge on any atom is -0.399 e. The van der Waals surface area contributed by atoms with E-state index in [4.69, 9.17) is 17.3 Å². The third-order valence-electron chi connectivity index (χ3n) is 4.12. The molecule has 6 nitrogen and oxygen atoms in total. The molecule has 2 aromatic carbocycles. The van der Waals surface area contributed by atoms with Crippen molar-refractivity contribution in [3.8, 4) is 0 Å². The summed E-state index contributed by atoms with van der Waals surface area (Å²) in [4.78, 5) is 31.7. The molecule has 0 saturated heterocycles. The maximum Gasteiger partial charge on any atom is 0.326 e. The van der Waals surface area contributed by atoms with E-state index < -0.39 is 25.6 Å². The van der Waals surface area contributed by atoms with Gasteiger partial charge in [-0.15, -0.1) is 11.3 Å². The molecule has 3 rings (SSSR count). The lowest BCUT2D eigenvalue weighted by atomic mass is 9.99. The van der Waals surface area contributed by atoms with Gasteiger partial charge in [0.1, 0.15) is 0 Å². The molecular formula is C19H18ClN2O4PS. The fourth-order valence-electron chi connectivity index (χ4n) is 2.78. The lowest BCUT2D eigenvalue weighted by Gasteiger charge is -2.16. The first kappa shape index (κ1) is 20.6. The van der Waals surface area contributed by atoms with Crippen LogP contribution in [-0.2, 0) is 9.36 Å². The van der Waals surface area contributed by atoms with E-state index in [0.29, 0.717) is 21.7 Å². The molecule has 1 aromatic heterocycles. The Balaban J connectivity index is 1.86. The molecule has 0 aliphatic heterocycles. The zero-order valence-electron chi connectivity index (χ0n) is 14.6. The molecule has 0 saturated carbocycles. The second-order valence-electron chi connectivity index (χ2n) is 6.24. The van der Waals surface area contributed by atoms with Crippen LogP contribution < -0.4 is 11.1 Å². The van der Waals surface area contributed by atoms with Crippen LogP contribution >= 0.6 is 30.5 Å². The number of amides is 1. The number of nitrogen functional groups attached to an aromatic ring is 1. The lowest BCUT2D eigenvalue weighted by Crippen LogP contribution is -2.27. The molecule has 1 heterocycles. The summed E-state index contributed by atoms with van der Waals surface area (Å²) < 4.78 is 12.5. The molecular weight excluding hydrogens is 419 g/mol. The SMILES string of the molecule is Nc1ccc(C=CNC(=O)C(CP(=O)(O)O)c2csc3ccc(Cl)cc23)cc1. The van der Waals surface area contributed by atoms with Crippen molar-refractivity contribution < 1.29 is 19.1 Å². The number of nitrogens with one attached hydrogen (secondary N) is 1. The van der Waals surface area contributed by atoms with Crippen LogP contribution in [0.4, 0.5) is 5.69 Å². The summed E-state index contributed by atoms with van der Waals surface area (Å²) >= 11 is 7.45. The molecule has 1 amide bonds. The van der Waals surface area contributed by atoms with Crippen molar-refractivity contribution >= 4 is 58.3 Å². The second-order valence-corrected chi connectivity index (χ2v) is 9.28. The molecule has 0 fully saturated rings. The first-order valence-electron chi connectivity index (χ1n) is 8.26. The van der Waals surface area contributed by atoms with Gasteiger partial charge in [0.15, 0.2) is 0 Å². The van der Waals surface area contributed by atoms with Gasteiger partial charge < -0.3 is 20.8 Å². The zero-order valence-corrected chi connectivity index (χ0v) is 17.0. The number of hydrogen-bond acceptors (Lipinski definition) is 4. The van der Waals surface area contributed by atoms with Gasteiger partial charge >= 0.3 is 7.60 Å². The van der Waals surface area contributed by atoms with Gasteiger partial charge in [0.2, 0.25) is 5.91 Å². The highest BCUT2D eigenvalue weighted by Gasteiger charge is 2.30. The summed E-state index contributed by atoms with van der Waals surface area (Å²) in [6.07, 6.45) is 2.53. The van der Waals surface area contributed by atoms with E-state index in [1.165, 1.54) is 17.5 Å². The minimum atomic E-state index is -4.43. The van der Waals surface area contributed by atoms with E-state index in [-0.39, 0.29) is 0 Å². The summed E-state index contributed by atoms with van der Waals surface area (Å²) in [5.74, 6) is -1.51. The number of carbonyl (C=O) groups is 1. The molecule has 0 aliphatic carbocycles. The topological polar surface area (TPSA) is 113 Å². The molecule has 0 spiro atoms. The van der Waals surface area contributed by atoms with E-state index in [1.807, 2.05) is 6.07 Å². The highest BCUT2D eigenvalue weighted by Crippen LogP contribution is 2.43. The van der Waals surface area contributed by atoms with Gasteiger partial charge in [-0.25, -0.2) is 0 Å². The van der Waals surface area contributed by atoms with Crippen LogP contribution in [0.3, 0.4) is 0 Å². The number of fused-ring (bicyclic) bond motifs is 1. The Morgan fingerprint density at radius 2 is 1.96 bits per heavy atom. The van der Waals surface area contributed by atoms with Gasteiger partial charge in [0, 0.05) is 21.6 Å². The molecule has 9 heteroatoms. The molecule has 0 radical (unpaired) electrons. The maximum atomic E-state index is 12.7. The number of anilines is 1. The van der Waals surface area contributed by atoms with Gasteiger partial charge in [0.05, 0.1) is 12.1 Å². The zero-order chi connectivity index (χ0) is 20.3.